The van der Waals surface area contributed by atoms with Gasteiger partial charge < -0.3 is 9.84 Å². The number of hydrogen-bond donors (Lipinski definition) is 1. The first-order valence-corrected chi connectivity index (χ1v) is 10.2. The average Bonchev–Trinajstić information content (AvgIpc) is 3.20. The number of carbonyl (C=O) groups is 1. The summed E-state index contributed by atoms with van der Waals surface area (Å²) < 4.78 is 7.84. The minimum absolute atomic E-state index is 0.0245. The maximum absolute atomic E-state index is 11.1. The lowest BCUT2D eigenvalue weighted by Gasteiger charge is -2.11. The third-order valence-electron chi connectivity index (χ3n) is 5.02. The van der Waals surface area contributed by atoms with E-state index in [2.05, 4.69) is 33.0 Å². The number of carboxylic acids is 1. The smallest absolute Gasteiger partial charge is 0.304 e. The van der Waals surface area contributed by atoms with Gasteiger partial charge in [0.1, 0.15) is 12.4 Å². The molecule has 160 valence electrons. The van der Waals surface area contributed by atoms with E-state index in [-0.39, 0.29) is 12.3 Å². The third kappa shape index (κ3) is 5.10. The second kappa shape index (κ2) is 9.75. The zero-order valence-electron chi connectivity index (χ0n) is 17.6. The maximum atomic E-state index is 11.1. The minimum atomic E-state index is -0.869. The first-order chi connectivity index (χ1) is 15.6. The highest BCUT2D eigenvalue weighted by molar-refractivity contribution is 5.79. The lowest BCUT2D eigenvalue weighted by atomic mass is 9.96. The van der Waals surface area contributed by atoms with Crippen molar-refractivity contribution in [3.8, 4) is 17.6 Å². The van der Waals surface area contributed by atoms with Crippen LogP contribution in [-0.4, -0.2) is 30.8 Å². The summed E-state index contributed by atoms with van der Waals surface area (Å²) in [6, 6.07) is 13.5. The predicted octanol–water partition coefficient (Wildman–Crippen LogP) is 4.04. The molecule has 2 heterocycles. The Hall–Kier alpha value is -4.18. The fourth-order valence-corrected chi connectivity index (χ4v) is 3.46. The van der Waals surface area contributed by atoms with Crippen molar-refractivity contribution in [3.05, 3.63) is 84.1 Å². The molecule has 0 unspecified atom stereocenters. The van der Waals surface area contributed by atoms with Gasteiger partial charge in [0.2, 0.25) is 0 Å². The van der Waals surface area contributed by atoms with E-state index in [0.717, 1.165) is 27.7 Å². The Morgan fingerprint density at radius 1 is 1.16 bits per heavy atom. The highest BCUT2D eigenvalue weighted by Gasteiger charge is 2.13. The van der Waals surface area contributed by atoms with E-state index in [1.807, 2.05) is 47.3 Å². The average molecular weight is 426 g/mol. The van der Waals surface area contributed by atoms with Gasteiger partial charge in [0.05, 0.1) is 42.5 Å². The molecule has 0 fully saturated rings. The van der Waals surface area contributed by atoms with Crippen LogP contribution in [0.4, 0.5) is 0 Å². The van der Waals surface area contributed by atoms with Gasteiger partial charge in [-0.3, -0.25) is 19.4 Å². The van der Waals surface area contributed by atoms with E-state index in [9.17, 15) is 4.79 Å². The summed E-state index contributed by atoms with van der Waals surface area (Å²) in [6.07, 6.45) is 6.86. The van der Waals surface area contributed by atoms with Gasteiger partial charge in [0.15, 0.2) is 0 Å². The third-order valence-corrected chi connectivity index (χ3v) is 5.02. The van der Waals surface area contributed by atoms with Gasteiger partial charge >= 0.3 is 5.97 Å². The van der Waals surface area contributed by atoms with E-state index >= 15 is 0 Å². The van der Waals surface area contributed by atoms with Crippen molar-refractivity contribution in [2.45, 2.75) is 32.4 Å². The second-order valence-corrected chi connectivity index (χ2v) is 7.29. The molecule has 1 N–H and O–H groups in total. The molecule has 4 rings (SSSR count). The Labute approximate surface area is 185 Å². The largest absolute Gasteiger partial charge is 0.489 e. The molecule has 7 heteroatoms. The monoisotopic (exact) mass is 426 g/mol. The van der Waals surface area contributed by atoms with Crippen LogP contribution in [-0.2, 0) is 17.9 Å². The van der Waals surface area contributed by atoms with Gasteiger partial charge in [-0.15, -0.1) is 5.92 Å². The number of aromatic nitrogens is 4. The first kappa shape index (κ1) is 21.1. The highest BCUT2D eigenvalue weighted by Crippen LogP contribution is 2.23. The van der Waals surface area contributed by atoms with Crippen LogP contribution in [0.25, 0.3) is 10.9 Å². The molecule has 0 saturated heterocycles. The van der Waals surface area contributed by atoms with Crippen molar-refractivity contribution in [3.63, 3.8) is 0 Å². The molecule has 7 nitrogen and oxygen atoms in total. The molecular formula is C25H22N4O3. The Balaban J connectivity index is 1.45. The van der Waals surface area contributed by atoms with Crippen molar-refractivity contribution < 1.29 is 14.6 Å². The summed E-state index contributed by atoms with van der Waals surface area (Å²) in [4.78, 5) is 19.5. The molecule has 32 heavy (non-hydrogen) atoms. The fraction of sp³-hybridized carbons (Fsp3) is 0.200. The van der Waals surface area contributed by atoms with Crippen LogP contribution in [0.2, 0.25) is 0 Å². The van der Waals surface area contributed by atoms with Gasteiger partial charge in [-0.25, -0.2) is 0 Å². The van der Waals surface area contributed by atoms with E-state index in [1.165, 1.54) is 0 Å². The van der Waals surface area contributed by atoms with Gasteiger partial charge in [0, 0.05) is 17.8 Å². The molecule has 0 spiro atoms. The van der Waals surface area contributed by atoms with Gasteiger partial charge in [0.25, 0.3) is 0 Å². The van der Waals surface area contributed by atoms with E-state index < -0.39 is 5.97 Å². The topological polar surface area (TPSA) is 90.1 Å². The number of aliphatic carboxylic acids is 1. The van der Waals surface area contributed by atoms with Crippen LogP contribution < -0.4 is 4.74 Å². The van der Waals surface area contributed by atoms with E-state index in [4.69, 9.17) is 9.84 Å². The zero-order valence-corrected chi connectivity index (χ0v) is 17.6. The van der Waals surface area contributed by atoms with E-state index in [0.29, 0.717) is 18.9 Å². The van der Waals surface area contributed by atoms with Crippen LogP contribution in [0.1, 0.15) is 36.1 Å². The molecule has 2 aromatic carbocycles. The maximum Gasteiger partial charge on any atom is 0.304 e. The number of hydrogen-bond acceptors (Lipinski definition) is 5. The normalized spacial score (nSPS) is 11.5. The highest BCUT2D eigenvalue weighted by atomic mass is 16.5. The van der Waals surface area contributed by atoms with Crippen LogP contribution in [0.3, 0.4) is 0 Å². The Morgan fingerprint density at radius 3 is 2.72 bits per heavy atom. The van der Waals surface area contributed by atoms with Gasteiger partial charge in [-0.2, -0.15) is 5.10 Å². The van der Waals surface area contributed by atoms with E-state index in [1.54, 1.807) is 25.5 Å². The number of rotatable bonds is 8. The summed E-state index contributed by atoms with van der Waals surface area (Å²) in [5.41, 5.74) is 3.72. The summed E-state index contributed by atoms with van der Waals surface area (Å²) in [7, 11) is 0. The predicted molar refractivity (Wildman–Crippen MR) is 120 cm³/mol. The lowest BCUT2D eigenvalue weighted by molar-refractivity contribution is -0.137. The summed E-state index contributed by atoms with van der Waals surface area (Å²) in [5, 5.41) is 14.6. The Bertz CT molecular complexity index is 1270. The molecular weight excluding hydrogens is 404 g/mol. The standard InChI is InChI=1S/C25H22N4O3/c1-2-3-20(13-25(30)31)19-6-8-23(9-7-19)32-17-18-4-5-21-14-28-29(24(21)12-18)16-22-15-26-10-11-27-22/h4-12,14-15,20H,13,16-17H2,1H3,(H,30,31)/t20-/m0/s1. The molecule has 2 aromatic heterocycles. The minimum Gasteiger partial charge on any atom is -0.489 e. The molecule has 0 saturated carbocycles. The quantitative estimate of drug-likeness (QED) is 0.428. The van der Waals surface area contributed by atoms with Crippen molar-refractivity contribution in [1.82, 2.24) is 19.7 Å². The number of ether oxygens (including phenoxy) is 1. The first-order valence-electron chi connectivity index (χ1n) is 10.2. The summed E-state index contributed by atoms with van der Waals surface area (Å²) in [6.45, 7) is 2.66. The molecule has 0 aliphatic carbocycles. The SMILES string of the molecule is CC#C[C@@H](CC(=O)O)c1ccc(OCc2ccc3cnn(Cc4cnccn4)c3c2)cc1. The second-order valence-electron chi connectivity index (χ2n) is 7.29. The molecule has 0 aliphatic heterocycles. The van der Waals surface area contributed by atoms with Crippen LogP contribution in [0.15, 0.2) is 67.3 Å². The Morgan fingerprint density at radius 2 is 2.00 bits per heavy atom. The van der Waals surface area contributed by atoms with Crippen molar-refractivity contribution in [2.75, 3.05) is 0 Å². The van der Waals surface area contributed by atoms with Crippen molar-refractivity contribution in [2.24, 2.45) is 0 Å². The van der Waals surface area contributed by atoms with Crippen molar-refractivity contribution in [1.29, 1.82) is 0 Å². The van der Waals surface area contributed by atoms with Crippen LogP contribution >= 0.6 is 0 Å². The number of fused-ring (bicyclic) bond motifs is 1. The molecule has 1 atom stereocenters. The van der Waals surface area contributed by atoms with Gasteiger partial charge in [-0.1, -0.05) is 30.2 Å². The van der Waals surface area contributed by atoms with Crippen LogP contribution in [0.5, 0.6) is 5.75 Å². The number of carboxylic acid groups (broad SMARTS) is 1. The molecule has 0 bridgehead atoms. The zero-order chi connectivity index (χ0) is 22.3. The van der Waals surface area contributed by atoms with Crippen LogP contribution in [0, 0.1) is 11.8 Å². The van der Waals surface area contributed by atoms with Crippen molar-refractivity contribution >= 4 is 16.9 Å². The molecule has 0 aliphatic rings. The molecule has 0 radical (unpaired) electrons. The summed E-state index contributed by atoms with van der Waals surface area (Å²) >= 11 is 0. The number of nitrogens with zero attached hydrogens (tertiary/aromatic N) is 4. The molecule has 0 amide bonds. The molecule has 4 aromatic rings. The Kier molecular flexibility index (Phi) is 6.42. The lowest BCUT2D eigenvalue weighted by Crippen LogP contribution is -2.05. The summed E-state index contributed by atoms with van der Waals surface area (Å²) in [5.74, 6) is 5.27. The fourth-order valence-electron chi connectivity index (χ4n) is 3.46. The van der Waals surface area contributed by atoms with Gasteiger partial charge in [-0.05, 0) is 36.2 Å². The number of benzene rings is 2.